The predicted octanol–water partition coefficient (Wildman–Crippen LogP) is 2.28. The van der Waals surface area contributed by atoms with Crippen molar-refractivity contribution in [2.75, 3.05) is 0 Å². The summed E-state index contributed by atoms with van der Waals surface area (Å²) in [7, 11) is 0. The fourth-order valence-electron chi connectivity index (χ4n) is 2.59. The van der Waals surface area contributed by atoms with Gasteiger partial charge in [0.15, 0.2) is 0 Å². The van der Waals surface area contributed by atoms with Gasteiger partial charge in [0.2, 0.25) is 6.41 Å². The highest BCUT2D eigenvalue weighted by atomic mass is 16.4. The smallest absolute Gasteiger partial charge is 0.326 e. The van der Waals surface area contributed by atoms with E-state index in [9.17, 15) is 14.7 Å². The van der Waals surface area contributed by atoms with Gasteiger partial charge in [0.05, 0.1) is 0 Å². The average Bonchev–Trinajstić information content (AvgIpc) is 2.29. The Morgan fingerprint density at radius 3 is 2.35 bits per heavy atom. The number of amides is 1. The molecule has 1 N–H and O–H groups in total. The summed E-state index contributed by atoms with van der Waals surface area (Å²) in [5.41, 5.74) is 0. The largest absolute Gasteiger partial charge is 0.480 e. The normalized spacial score (nSPS) is 19.0. The fraction of sp³-hybridized carbons (Fsp3) is 0.846. The molecule has 0 aromatic heterocycles. The van der Waals surface area contributed by atoms with Crippen LogP contribution in [0.15, 0.2) is 0 Å². The lowest BCUT2D eigenvalue weighted by Crippen LogP contribution is -2.47. The van der Waals surface area contributed by atoms with E-state index < -0.39 is 12.0 Å². The first-order valence-electron chi connectivity index (χ1n) is 6.51. The molecule has 0 aromatic carbocycles. The zero-order valence-electron chi connectivity index (χ0n) is 10.8. The average molecular weight is 241 g/mol. The van der Waals surface area contributed by atoms with Gasteiger partial charge in [-0.3, -0.25) is 4.79 Å². The third-order valence-corrected chi connectivity index (χ3v) is 3.46. The maximum absolute atomic E-state index is 11.3. The maximum atomic E-state index is 11.3. The molecule has 1 saturated carbocycles. The van der Waals surface area contributed by atoms with E-state index in [1.807, 2.05) is 13.8 Å². The van der Waals surface area contributed by atoms with Crippen molar-refractivity contribution in [2.45, 2.75) is 64.5 Å². The maximum Gasteiger partial charge on any atom is 0.326 e. The topological polar surface area (TPSA) is 57.6 Å². The number of hydrogen-bond donors (Lipinski definition) is 1. The number of hydrogen-bond acceptors (Lipinski definition) is 2. The first kappa shape index (κ1) is 14.0. The lowest BCUT2D eigenvalue weighted by Gasteiger charge is -2.36. The number of aliphatic carboxylic acids is 1. The summed E-state index contributed by atoms with van der Waals surface area (Å²) in [6, 6.07) is -0.531. The van der Waals surface area contributed by atoms with Crippen LogP contribution in [0.25, 0.3) is 0 Å². The molecule has 1 aliphatic rings. The van der Waals surface area contributed by atoms with Crippen LogP contribution in [-0.4, -0.2) is 34.5 Å². The summed E-state index contributed by atoms with van der Waals surface area (Å²) >= 11 is 0. The molecule has 4 heteroatoms. The minimum atomic E-state index is -0.878. The van der Waals surface area contributed by atoms with Gasteiger partial charge in [-0.25, -0.2) is 4.79 Å². The van der Waals surface area contributed by atoms with Gasteiger partial charge in [-0.2, -0.15) is 0 Å². The van der Waals surface area contributed by atoms with Crippen molar-refractivity contribution in [1.82, 2.24) is 4.90 Å². The molecule has 0 bridgehead atoms. The molecule has 0 radical (unpaired) electrons. The van der Waals surface area contributed by atoms with Crippen LogP contribution in [0.2, 0.25) is 0 Å². The molecule has 0 saturated heterocycles. The lowest BCUT2D eigenvalue weighted by molar-refractivity contribution is -0.149. The van der Waals surface area contributed by atoms with Gasteiger partial charge in [0.25, 0.3) is 0 Å². The van der Waals surface area contributed by atoms with Crippen LogP contribution in [-0.2, 0) is 9.59 Å². The zero-order valence-corrected chi connectivity index (χ0v) is 10.8. The summed E-state index contributed by atoms with van der Waals surface area (Å²) in [6.45, 7) is 3.97. The van der Waals surface area contributed by atoms with Gasteiger partial charge < -0.3 is 10.0 Å². The minimum absolute atomic E-state index is 0.126. The molecule has 98 valence electrons. The molecule has 17 heavy (non-hydrogen) atoms. The first-order valence-corrected chi connectivity index (χ1v) is 6.51. The molecule has 0 aromatic rings. The Morgan fingerprint density at radius 1 is 1.35 bits per heavy atom. The molecule has 4 nitrogen and oxygen atoms in total. The Kier molecular flexibility index (Phi) is 5.45. The SMILES string of the molecule is CC(C)CC(C(=O)O)N(C=O)C1CCCCC1. The van der Waals surface area contributed by atoms with E-state index in [0.717, 1.165) is 32.1 Å². The Bertz CT molecular complexity index is 259. The molecule has 1 unspecified atom stereocenters. The van der Waals surface area contributed by atoms with E-state index in [1.165, 1.54) is 6.42 Å². The second-order valence-electron chi connectivity index (χ2n) is 5.33. The molecule has 0 heterocycles. The van der Waals surface area contributed by atoms with Crippen LogP contribution in [0.3, 0.4) is 0 Å². The quantitative estimate of drug-likeness (QED) is 0.726. The number of carboxylic acid groups (broad SMARTS) is 1. The monoisotopic (exact) mass is 241 g/mol. The summed E-state index contributed by atoms with van der Waals surface area (Å²) in [5.74, 6) is -0.599. The van der Waals surface area contributed by atoms with E-state index in [0.29, 0.717) is 6.42 Å². The third kappa shape index (κ3) is 4.02. The van der Waals surface area contributed by atoms with Crippen molar-refractivity contribution >= 4 is 12.4 Å². The van der Waals surface area contributed by atoms with Gasteiger partial charge in [0, 0.05) is 6.04 Å². The molecule has 1 rings (SSSR count). The standard InChI is InChI=1S/C13H23NO3/c1-10(2)8-12(13(16)17)14(9-15)11-6-4-3-5-7-11/h9-12H,3-8H2,1-2H3,(H,16,17). The van der Waals surface area contributed by atoms with E-state index in [-0.39, 0.29) is 12.0 Å². The molecule has 0 spiro atoms. The molecular weight excluding hydrogens is 218 g/mol. The highest BCUT2D eigenvalue weighted by Crippen LogP contribution is 2.25. The van der Waals surface area contributed by atoms with Crippen molar-refractivity contribution in [3.8, 4) is 0 Å². The van der Waals surface area contributed by atoms with Crippen LogP contribution in [0.1, 0.15) is 52.4 Å². The molecule has 1 fully saturated rings. The number of carbonyl (C=O) groups excluding carboxylic acids is 1. The predicted molar refractivity (Wildman–Crippen MR) is 65.7 cm³/mol. The molecule has 0 aliphatic heterocycles. The number of carbonyl (C=O) groups is 2. The Hall–Kier alpha value is -1.06. The molecular formula is C13H23NO3. The number of nitrogens with zero attached hydrogens (tertiary/aromatic N) is 1. The van der Waals surface area contributed by atoms with Crippen molar-refractivity contribution in [2.24, 2.45) is 5.92 Å². The van der Waals surface area contributed by atoms with Crippen molar-refractivity contribution in [1.29, 1.82) is 0 Å². The summed E-state index contributed by atoms with van der Waals surface area (Å²) < 4.78 is 0. The molecule has 1 amide bonds. The van der Waals surface area contributed by atoms with Crippen LogP contribution in [0, 0.1) is 5.92 Å². The zero-order chi connectivity index (χ0) is 12.8. The van der Waals surface area contributed by atoms with E-state index in [1.54, 1.807) is 4.90 Å². The second-order valence-corrected chi connectivity index (χ2v) is 5.33. The Balaban J connectivity index is 2.72. The van der Waals surface area contributed by atoms with Crippen LogP contribution < -0.4 is 0 Å². The van der Waals surface area contributed by atoms with Gasteiger partial charge in [-0.1, -0.05) is 33.1 Å². The van der Waals surface area contributed by atoms with Crippen LogP contribution in [0.5, 0.6) is 0 Å². The summed E-state index contributed by atoms with van der Waals surface area (Å²) in [6.07, 6.45) is 6.56. The highest BCUT2D eigenvalue weighted by molar-refractivity contribution is 5.76. The first-order chi connectivity index (χ1) is 8.06. The van der Waals surface area contributed by atoms with Crippen molar-refractivity contribution in [3.05, 3.63) is 0 Å². The van der Waals surface area contributed by atoms with Gasteiger partial charge in [-0.05, 0) is 25.2 Å². The lowest BCUT2D eigenvalue weighted by atomic mass is 9.92. The number of carboxylic acids is 1. The van der Waals surface area contributed by atoms with Crippen LogP contribution >= 0.6 is 0 Å². The fourth-order valence-corrected chi connectivity index (χ4v) is 2.59. The van der Waals surface area contributed by atoms with Crippen molar-refractivity contribution in [3.63, 3.8) is 0 Å². The Morgan fingerprint density at radius 2 is 1.94 bits per heavy atom. The molecule has 1 atom stereocenters. The second kappa shape index (κ2) is 6.62. The van der Waals surface area contributed by atoms with Gasteiger partial charge in [-0.15, -0.1) is 0 Å². The Labute approximate surface area is 103 Å². The van der Waals surface area contributed by atoms with Gasteiger partial charge in [0.1, 0.15) is 6.04 Å². The summed E-state index contributed by atoms with van der Waals surface area (Å²) in [5, 5.41) is 9.25. The van der Waals surface area contributed by atoms with E-state index >= 15 is 0 Å². The molecule has 1 aliphatic carbocycles. The van der Waals surface area contributed by atoms with E-state index in [2.05, 4.69) is 0 Å². The highest BCUT2D eigenvalue weighted by Gasteiger charge is 2.31. The van der Waals surface area contributed by atoms with Crippen LogP contribution in [0.4, 0.5) is 0 Å². The van der Waals surface area contributed by atoms with Gasteiger partial charge >= 0.3 is 5.97 Å². The minimum Gasteiger partial charge on any atom is -0.480 e. The van der Waals surface area contributed by atoms with E-state index in [4.69, 9.17) is 0 Å². The summed E-state index contributed by atoms with van der Waals surface area (Å²) in [4.78, 5) is 24.0. The van der Waals surface area contributed by atoms with Crippen molar-refractivity contribution < 1.29 is 14.7 Å². The third-order valence-electron chi connectivity index (χ3n) is 3.46. The number of rotatable bonds is 6.